The van der Waals surface area contributed by atoms with Crippen molar-refractivity contribution in [2.45, 2.75) is 25.6 Å². The molecule has 0 bridgehead atoms. The molecule has 0 saturated carbocycles. The molecule has 1 unspecified atom stereocenters. The van der Waals surface area contributed by atoms with Gasteiger partial charge in [0.2, 0.25) is 0 Å². The molecule has 0 spiro atoms. The molecule has 3 aliphatic heterocycles. The number of likely N-dealkylation sites (N-methyl/N-ethyl adjacent to an activating group) is 1. The Labute approximate surface area is 242 Å². The summed E-state index contributed by atoms with van der Waals surface area (Å²) in [7, 11) is 2.10. The first kappa shape index (κ1) is 28.0. The molecule has 2 aromatic rings. The second-order valence-electron chi connectivity index (χ2n) is 10.7. The Bertz CT molecular complexity index is 1380. The van der Waals surface area contributed by atoms with Crippen molar-refractivity contribution in [1.29, 1.82) is 0 Å². The summed E-state index contributed by atoms with van der Waals surface area (Å²) >= 11 is 12.7. The molecule has 11 nitrogen and oxygen atoms in total. The van der Waals surface area contributed by atoms with Gasteiger partial charge in [0.1, 0.15) is 6.17 Å². The van der Waals surface area contributed by atoms with Crippen molar-refractivity contribution in [1.82, 2.24) is 20.5 Å². The van der Waals surface area contributed by atoms with Crippen LogP contribution in [-0.4, -0.2) is 84.3 Å². The molecule has 3 heterocycles. The number of hydrogen-bond donors (Lipinski definition) is 4. The van der Waals surface area contributed by atoms with Crippen LogP contribution in [0.5, 0.6) is 0 Å². The average Bonchev–Trinajstić information content (AvgIpc) is 3.39. The summed E-state index contributed by atoms with van der Waals surface area (Å²) in [4.78, 5) is 43.1. The van der Waals surface area contributed by atoms with Crippen molar-refractivity contribution in [3.63, 3.8) is 0 Å². The number of nitrogens with two attached hydrogens (primary N) is 1. The predicted molar refractivity (Wildman–Crippen MR) is 154 cm³/mol. The molecule has 5 rings (SSSR count). The third kappa shape index (κ3) is 4.94. The van der Waals surface area contributed by atoms with E-state index in [9.17, 15) is 19.5 Å². The fourth-order valence-corrected chi connectivity index (χ4v) is 6.20. The summed E-state index contributed by atoms with van der Waals surface area (Å²) in [5.41, 5.74) is 11.0. The van der Waals surface area contributed by atoms with Crippen molar-refractivity contribution in [2.75, 3.05) is 49.7 Å². The summed E-state index contributed by atoms with van der Waals surface area (Å²) in [5, 5.41) is 14.7. The molecule has 1 saturated heterocycles. The number of nitrogens with zero attached hydrogens (tertiary/aromatic N) is 4. The Morgan fingerprint density at radius 2 is 1.62 bits per heavy atom. The Morgan fingerprint density at radius 3 is 2.17 bits per heavy atom. The van der Waals surface area contributed by atoms with Crippen LogP contribution in [0.25, 0.3) is 0 Å². The predicted octanol–water partition coefficient (Wildman–Crippen LogP) is 2.95. The lowest BCUT2D eigenvalue weighted by atomic mass is 9.99. The normalized spacial score (nSPS) is 20.6. The van der Waals surface area contributed by atoms with Crippen molar-refractivity contribution in [2.24, 2.45) is 5.73 Å². The first-order valence-corrected chi connectivity index (χ1v) is 13.6. The van der Waals surface area contributed by atoms with Gasteiger partial charge in [0.05, 0.1) is 39.1 Å². The fraction of sp³-hybridized carbons (Fsp3) is 0.370. The number of piperazine rings is 1. The molecule has 0 aliphatic carbocycles. The van der Waals surface area contributed by atoms with Gasteiger partial charge < -0.3 is 26.0 Å². The van der Waals surface area contributed by atoms with E-state index >= 15 is 0 Å². The number of halogens is 2. The van der Waals surface area contributed by atoms with Crippen molar-refractivity contribution < 1.29 is 19.5 Å². The Balaban J connectivity index is 1.42. The smallest absolute Gasteiger partial charge is 0.408 e. The number of primary amides is 1. The minimum absolute atomic E-state index is 0.0109. The van der Waals surface area contributed by atoms with Gasteiger partial charge in [-0.05, 0) is 57.3 Å². The SMILES string of the molecule is CN1CCN(c2ccc(C(=O)NC3NN(c4cc(Cl)c(C(N)=O)c(Cl)c4)C4=C3CN(C(=O)O)C4(C)C)cc2)CC1. The standard InChI is InChI=1S/C27H31Cl2N7O4/c1-27(2)22-18(14-35(27)26(39)40)24(32-36(22)17-12-19(28)21(23(30)37)20(29)13-17)31-25(38)15-4-6-16(7-5-15)34-10-8-33(3)9-11-34/h4-7,12-13,24,32H,8-11,14H2,1-3H3,(H2,30,37)(H,31,38)(H,39,40). The first-order chi connectivity index (χ1) is 18.9. The van der Waals surface area contributed by atoms with Crippen LogP contribution >= 0.6 is 23.2 Å². The number of nitrogens with one attached hydrogen (secondary N) is 2. The number of hydrazine groups is 1. The van der Waals surface area contributed by atoms with Crippen molar-refractivity contribution >= 4 is 52.5 Å². The summed E-state index contributed by atoms with van der Waals surface area (Å²) in [6.07, 6.45) is -1.80. The second kappa shape index (κ2) is 10.5. The maximum atomic E-state index is 13.3. The molecule has 212 valence electrons. The van der Waals surface area contributed by atoms with Gasteiger partial charge in [0.15, 0.2) is 0 Å². The Morgan fingerprint density at radius 1 is 1.02 bits per heavy atom. The molecule has 5 N–H and O–H groups in total. The molecule has 2 aromatic carbocycles. The van der Waals surface area contributed by atoms with Gasteiger partial charge >= 0.3 is 6.09 Å². The Kier molecular flexibility index (Phi) is 7.34. The lowest BCUT2D eigenvalue weighted by Crippen LogP contribution is -2.55. The maximum Gasteiger partial charge on any atom is 0.408 e. The fourth-order valence-electron chi connectivity index (χ4n) is 5.54. The molecular weight excluding hydrogens is 557 g/mol. The molecule has 40 heavy (non-hydrogen) atoms. The zero-order valence-electron chi connectivity index (χ0n) is 22.4. The summed E-state index contributed by atoms with van der Waals surface area (Å²) < 4.78 is 0. The van der Waals surface area contributed by atoms with Gasteiger partial charge in [0, 0.05) is 43.0 Å². The molecule has 1 fully saturated rings. The minimum atomic E-state index is -1.09. The zero-order valence-corrected chi connectivity index (χ0v) is 23.9. The number of carbonyl (C=O) groups excluding carboxylic acids is 2. The quantitative estimate of drug-likeness (QED) is 0.419. The highest BCUT2D eigenvalue weighted by atomic mass is 35.5. The van der Waals surface area contributed by atoms with Gasteiger partial charge in [0.25, 0.3) is 11.8 Å². The third-order valence-corrected chi connectivity index (χ3v) is 8.35. The number of hydrogen-bond acceptors (Lipinski definition) is 7. The van der Waals surface area contributed by atoms with Crippen molar-refractivity contribution in [3.05, 3.63) is 68.8 Å². The number of carbonyl (C=O) groups is 3. The molecule has 13 heteroatoms. The van der Waals surface area contributed by atoms with Crippen LogP contribution in [0, 0.1) is 0 Å². The lowest BCUT2D eigenvalue weighted by Gasteiger charge is -2.38. The van der Waals surface area contributed by atoms with Crippen LogP contribution in [0.2, 0.25) is 10.0 Å². The van der Waals surface area contributed by atoms with E-state index in [0.717, 1.165) is 31.9 Å². The number of amides is 3. The van der Waals surface area contributed by atoms with E-state index in [4.69, 9.17) is 28.9 Å². The summed E-state index contributed by atoms with van der Waals surface area (Å²) in [6.45, 7) is 7.44. The van der Waals surface area contributed by atoms with Crippen LogP contribution in [0.3, 0.4) is 0 Å². The van der Waals surface area contributed by atoms with Gasteiger partial charge in [-0.2, -0.15) is 0 Å². The van der Waals surface area contributed by atoms with Crippen molar-refractivity contribution in [3.8, 4) is 0 Å². The monoisotopic (exact) mass is 587 g/mol. The molecule has 0 radical (unpaired) electrons. The molecule has 1 atom stereocenters. The van der Waals surface area contributed by atoms with Crippen LogP contribution in [0.4, 0.5) is 16.2 Å². The first-order valence-electron chi connectivity index (χ1n) is 12.8. The van der Waals surface area contributed by atoms with E-state index in [-0.39, 0.29) is 28.1 Å². The van der Waals surface area contributed by atoms with E-state index in [0.29, 0.717) is 22.5 Å². The van der Waals surface area contributed by atoms with E-state index < -0.39 is 23.7 Å². The van der Waals surface area contributed by atoms with Crippen LogP contribution < -0.4 is 26.4 Å². The van der Waals surface area contributed by atoms with Gasteiger partial charge in [-0.25, -0.2) is 10.2 Å². The number of rotatable bonds is 5. The highest BCUT2D eigenvalue weighted by Crippen LogP contribution is 2.43. The van der Waals surface area contributed by atoms with Crippen LogP contribution in [-0.2, 0) is 0 Å². The van der Waals surface area contributed by atoms with Gasteiger partial charge in [-0.1, -0.05) is 23.2 Å². The summed E-state index contributed by atoms with van der Waals surface area (Å²) in [6, 6.07) is 10.5. The highest BCUT2D eigenvalue weighted by molar-refractivity contribution is 6.40. The van der Waals surface area contributed by atoms with Gasteiger partial charge in [-0.3, -0.25) is 19.5 Å². The minimum Gasteiger partial charge on any atom is -0.465 e. The molecule has 3 aliphatic rings. The molecule has 0 aromatic heterocycles. The number of anilines is 2. The van der Waals surface area contributed by atoms with Gasteiger partial charge in [-0.15, -0.1) is 0 Å². The average molecular weight is 588 g/mol. The van der Waals surface area contributed by atoms with E-state index in [2.05, 4.69) is 27.6 Å². The van der Waals surface area contributed by atoms with E-state index in [1.165, 1.54) is 17.0 Å². The topological polar surface area (TPSA) is 134 Å². The Hall–Kier alpha value is -3.51. The second-order valence-corrected chi connectivity index (χ2v) is 11.5. The largest absolute Gasteiger partial charge is 0.465 e. The van der Waals surface area contributed by atoms with E-state index in [1.807, 2.05) is 12.1 Å². The van der Waals surface area contributed by atoms with E-state index in [1.54, 1.807) is 31.0 Å². The molecular formula is C27H31Cl2N7O4. The van der Waals surface area contributed by atoms with Crippen LogP contribution in [0.15, 0.2) is 47.7 Å². The third-order valence-electron chi connectivity index (χ3n) is 7.75. The van der Waals surface area contributed by atoms with Crippen LogP contribution in [0.1, 0.15) is 34.6 Å². The summed E-state index contributed by atoms with van der Waals surface area (Å²) in [5.74, 6) is -1.08. The number of carboxylic acid groups (broad SMARTS) is 1. The highest BCUT2D eigenvalue weighted by Gasteiger charge is 2.51. The number of benzene rings is 2. The zero-order chi connectivity index (χ0) is 28.9. The molecule has 3 amide bonds. The lowest BCUT2D eigenvalue weighted by molar-refractivity contribution is 0.0933. The maximum absolute atomic E-state index is 13.3.